The fourth-order valence-electron chi connectivity index (χ4n) is 3.30. The maximum absolute atomic E-state index is 12.4. The first-order valence-electron chi connectivity index (χ1n) is 10.6. The molecule has 0 aliphatic heterocycles. The zero-order chi connectivity index (χ0) is 23.2. The molecule has 0 aliphatic rings. The van der Waals surface area contributed by atoms with E-state index in [0.29, 0.717) is 12.3 Å². The molecule has 0 spiro atoms. The van der Waals surface area contributed by atoms with Gasteiger partial charge in [0, 0.05) is 28.9 Å². The number of carbonyl (C=O) groups is 1. The Bertz CT molecular complexity index is 1260. The molecule has 2 aromatic heterocycles. The Morgan fingerprint density at radius 1 is 1.15 bits per heavy atom. The van der Waals surface area contributed by atoms with Crippen molar-refractivity contribution in [2.24, 2.45) is 0 Å². The summed E-state index contributed by atoms with van der Waals surface area (Å²) in [6.45, 7) is 8.58. The molecule has 4 aromatic rings. The maximum Gasteiger partial charge on any atom is 0.231 e. The topological polar surface area (TPSA) is 72.7 Å². The number of benzene rings is 2. The molecular weight excluding hydrogens is 450 g/mol. The molecular formula is C25H25N5OS2. The van der Waals surface area contributed by atoms with Gasteiger partial charge in [-0.25, -0.2) is 4.98 Å². The average Bonchev–Trinajstić information content (AvgIpc) is 3.41. The molecule has 168 valence electrons. The van der Waals surface area contributed by atoms with Gasteiger partial charge in [0.15, 0.2) is 11.0 Å². The summed E-state index contributed by atoms with van der Waals surface area (Å²) in [4.78, 5) is 17.0. The van der Waals surface area contributed by atoms with E-state index in [1.54, 1.807) is 11.8 Å². The van der Waals surface area contributed by atoms with E-state index in [4.69, 9.17) is 0 Å². The molecule has 0 atom stereocenters. The lowest BCUT2D eigenvalue weighted by molar-refractivity contribution is -0.115. The summed E-state index contributed by atoms with van der Waals surface area (Å²) >= 11 is 3.08. The molecule has 4 rings (SSSR count). The van der Waals surface area contributed by atoms with Gasteiger partial charge in [0.05, 0.1) is 12.1 Å². The van der Waals surface area contributed by atoms with Gasteiger partial charge >= 0.3 is 0 Å². The summed E-state index contributed by atoms with van der Waals surface area (Å²) in [6.07, 6.45) is 2.10. The number of hydrogen-bond donors (Lipinski definition) is 1. The van der Waals surface area contributed by atoms with Crippen LogP contribution in [0, 0.1) is 13.8 Å². The lowest BCUT2D eigenvalue weighted by Gasteiger charge is -2.07. The van der Waals surface area contributed by atoms with Gasteiger partial charge in [-0.2, -0.15) is 0 Å². The number of carbonyl (C=O) groups excluding carboxylic acids is 1. The van der Waals surface area contributed by atoms with Crippen LogP contribution in [0.1, 0.15) is 21.8 Å². The van der Waals surface area contributed by atoms with Gasteiger partial charge in [-0.05, 0) is 32.0 Å². The molecule has 33 heavy (non-hydrogen) atoms. The lowest BCUT2D eigenvalue weighted by atomic mass is 10.1. The van der Waals surface area contributed by atoms with Crippen molar-refractivity contribution >= 4 is 34.7 Å². The molecule has 6 nitrogen and oxygen atoms in total. The number of aryl methyl sites for hydroxylation is 2. The lowest BCUT2D eigenvalue weighted by Crippen LogP contribution is -2.14. The van der Waals surface area contributed by atoms with Crippen LogP contribution in [0.15, 0.2) is 71.7 Å². The highest BCUT2D eigenvalue weighted by Gasteiger charge is 2.15. The molecule has 0 radical (unpaired) electrons. The van der Waals surface area contributed by atoms with Crippen LogP contribution < -0.4 is 5.32 Å². The molecule has 1 amide bonds. The minimum atomic E-state index is -0.0686. The monoisotopic (exact) mass is 475 g/mol. The van der Waals surface area contributed by atoms with Gasteiger partial charge in [0.1, 0.15) is 5.01 Å². The number of nitrogens with zero attached hydrogens (tertiary/aromatic N) is 4. The number of anilines is 1. The van der Waals surface area contributed by atoms with Crippen LogP contribution in [-0.2, 0) is 23.5 Å². The number of nitrogens with one attached hydrogen (secondary N) is 1. The molecule has 1 N–H and O–H groups in total. The van der Waals surface area contributed by atoms with Crippen LogP contribution >= 0.6 is 23.1 Å². The van der Waals surface area contributed by atoms with Crippen molar-refractivity contribution < 1.29 is 4.79 Å². The van der Waals surface area contributed by atoms with Crippen molar-refractivity contribution in [3.05, 3.63) is 88.4 Å². The van der Waals surface area contributed by atoms with E-state index < -0.39 is 0 Å². The van der Waals surface area contributed by atoms with Crippen molar-refractivity contribution in [3.63, 3.8) is 0 Å². The van der Waals surface area contributed by atoms with E-state index in [2.05, 4.69) is 50.7 Å². The van der Waals surface area contributed by atoms with E-state index in [0.717, 1.165) is 38.5 Å². The zero-order valence-electron chi connectivity index (χ0n) is 18.6. The minimum absolute atomic E-state index is 0.0686. The zero-order valence-corrected chi connectivity index (χ0v) is 20.2. The highest BCUT2D eigenvalue weighted by Crippen LogP contribution is 2.27. The van der Waals surface area contributed by atoms with Crippen LogP contribution in [0.5, 0.6) is 0 Å². The fraction of sp³-hybridized carbons (Fsp3) is 0.200. The Balaban J connectivity index is 1.39. The Labute approximate surface area is 201 Å². The van der Waals surface area contributed by atoms with Crippen molar-refractivity contribution in [2.75, 3.05) is 5.32 Å². The second kappa shape index (κ2) is 10.6. The van der Waals surface area contributed by atoms with Gasteiger partial charge in [0.2, 0.25) is 5.91 Å². The summed E-state index contributed by atoms with van der Waals surface area (Å²) in [6, 6.07) is 16.0. The number of hydrogen-bond acceptors (Lipinski definition) is 6. The van der Waals surface area contributed by atoms with Gasteiger partial charge in [-0.1, -0.05) is 59.3 Å². The first kappa shape index (κ1) is 22.9. The van der Waals surface area contributed by atoms with Gasteiger partial charge < -0.3 is 5.32 Å². The number of allylic oxidation sites excluding steroid dienone is 1. The Morgan fingerprint density at radius 2 is 1.97 bits per heavy atom. The van der Waals surface area contributed by atoms with E-state index in [1.807, 2.05) is 54.8 Å². The van der Waals surface area contributed by atoms with E-state index in [1.165, 1.54) is 16.9 Å². The largest absolute Gasteiger partial charge is 0.326 e. The molecule has 0 aliphatic carbocycles. The van der Waals surface area contributed by atoms with Crippen molar-refractivity contribution in [2.45, 2.75) is 37.7 Å². The third-order valence-corrected chi connectivity index (χ3v) is 6.80. The van der Waals surface area contributed by atoms with Crippen molar-refractivity contribution in [1.82, 2.24) is 19.7 Å². The van der Waals surface area contributed by atoms with Crippen molar-refractivity contribution in [1.29, 1.82) is 0 Å². The predicted molar refractivity (Wildman–Crippen MR) is 136 cm³/mol. The number of amides is 1. The predicted octanol–water partition coefficient (Wildman–Crippen LogP) is 5.68. The molecule has 2 heterocycles. The van der Waals surface area contributed by atoms with Crippen molar-refractivity contribution in [3.8, 4) is 11.4 Å². The smallest absolute Gasteiger partial charge is 0.231 e. The summed E-state index contributed by atoms with van der Waals surface area (Å²) in [7, 11) is 0. The summed E-state index contributed by atoms with van der Waals surface area (Å²) in [5.41, 5.74) is 5.09. The molecule has 0 saturated carbocycles. The van der Waals surface area contributed by atoms with E-state index in [-0.39, 0.29) is 12.3 Å². The summed E-state index contributed by atoms with van der Waals surface area (Å²) in [5, 5.41) is 15.4. The third-order valence-electron chi connectivity index (χ3n) is 4.90. The third kappa shape index (κ3) is 5.97. The van der Waals surface area contributed by atoms with E-state index in [9.17, 15) is 4.79 Å². The van der Waals surface area contributed by atoms with Gasteiger partial charge in [0.25, 0.3) is 0 Å². The molecule has 0 unspecified atom stereocenters. The number of rotatable bonds is 9. The van der Waals surface area contributed by atoms with Crippen LogP contribution in [0.3, 0.4) is 0 Å². The normalized spacial score (nSPS) is 10.8. The maximum atomic E-state index is 12.4. The van der Waals surface area contributed by atoms with Crippen LogP contribution in [0.4, 0.5) is 5.69 Å². The molecule has 0 saturated heterocycles. The highest BCUT2D eigenvalue weighted by molar-refractivity contribution is 7.98. The Morgan fingerprint density at radius 3 is 2.73 bits per heavy atom. The number of thioether (sulfide) groups is 1. The van der Waals surface area contributed by atoms with Gasteiger partial charge in [-0.15, -0.1) is 28.1 Å². The first-order valence-corrected chi connectivity index (χ1v) is 12.4. The number of aromatic nitrogens is 4. The Kier molecular flexibility index (Phi) is 7.36. The second-order valence-electron chi connectivity index (χ2n) is 7.69. The second-order valence-corrected chi connectivity index (χ2v) is 9.57. The average molecular weight is 476 g/mol. The fourth-order valence-corrected chi connectivity index (χ4v) is 5.04. The molecule has 8 heteroatoms. The standard InChI is InChI=1S/C25H25N5OS2/c1-4-12-30-24(19-7-5-6-18(3)13-19)28-29-25(30)33-16-21-15-32-23(27-21)14-22(31)26-20-10-8-17(2)9-11-20/h4-11,13,15H,1,12,14,16H2,2-3H3,(H,26,31). The molecule has 0 fully saturated rings. The first-order chi connectivity index (χ1) is 16.0. The summed E-state index contributed by atoms with van der Waals surface area (Å²) in [5.74, 6) is 1.41. The molecule has 0 bridgehead atoms. The van der Waals surface area contributed by atoms with Crippen LogP contribution in [-0.4, -0.2) is 25.7 Å². The van der Waals surface area contributed by atoms with Crippen LogP contribution in [0.2, 0.25) is 0 Å². The number of thiazole rings is 1. The Hall–Kier alpha value is -3.23. The summed E-state index contributed by atoms with van der Waals surface area (Å²) < 4.78 is 2.06. The highest BCUT2D eigenvalue weighted by atomic mass is 32.2. The SMILES string of the molecule is C=CCn1c(SCc2csc(CC(=O)Nc3ccc(C)cc3)n2)nnc1-c1cccc(C)c1. The van der Waals surface area contributed by atoms with Gasteiger partial charge in [-0.3, -0.25) is 9.36 Å². The minimum Gasteiger partial charge on any atom is -0.326 e. The van der Waals surface area contributed by atoms with E-state index >= 15 is 0 Å². The quantitative estimate of drug-likeness (QED) is 0.249. The molecule has 2 aromatic carbocycles. The van der Waals surface area contributed by atoms with Crippen LogP contribution in [0.25, 0.3) is 11.4 Å².